The van der Waals surface area contributed by atoms with E-state index in [1.54, 1.807) is 0 Å². The van der Waals surface area contributed by atoms with E-state index < -0.39 is 0 Å². The van der Waals surface area contributed by atoms with Crippen LogP contribution in [0.25, 0.3) is 0 Å². The molecule has 4 heteroatoms. The summed E-state index contributed by atoms with van der Waals surface area (Å²) in [4.78, 5) is 2.45. The Labute approximate surface area is 127 Å². The Bertz CT molecular complexity index is 467. The molecule has 1 aromatic rings. The topological polar surface area (TPSA) is 37.6 Å². The summed E-state index contributed by atoms with van der Waals surface area (Å²) in [5, 5.41) is 3.56. The number of ether oxygens (including phenoxy) is 1. The Kier molecular flexibility index (Phi) is 4.67. The largest absolute Gasteiger partial charge is 0.465 e. The van der Waals surface area contributed by atoms with Gasteiger partial charge in [0.1, 0.15) is 11.5 Å². The summed E-state index contributed by atoms with van der Waals surface area (Å²) in [5.74, 6) is 2.80. The summed E-state index contributed by atoms with van der Waals surface area (Å²) in [5.41, 5.74) is 1.31. The normalized spacial score (nSPS) is 27.2. The van der Waals surface area contributed by atoms with Gasteiger partial charge in [0.2, 0.25) is 0 Å². The molecule has 1 saturated carbocycles. The standard InChI is InChI=1S/C17H28N2O2/c1-12-6-7-19(11-17(12)20-3)10-16-8-14(13(2)21-16)9-18-15-4-5-15/h8,12,15,17-18H,4-7,9-11H2,1-3H3. The number of piperidine rings is 1. The number of furan rings is 1. The number of rotatable bonds is 6. The van der Waals surface area contributed by atoms with Crippen molar-refractivity contribution in [3.8, 4) is 0 Å². The van der Waals surface area contributed by atoms with Crippen LogP contribution in [0.5, 0.6) is 0 Å². The molecular formula is C17H28N2O2. The molecule has 1 N–H and O–H groups in total. The van der Waals surface area contributed by atoms with Crippen LogP contribution in [0.1, 0.15) is 43.3 Å². The van der Waals surface area contributed by atoms with Gasteiger partial charge >= 0.3 is 0 Å². The fraction of sp³-hybridized carbons (Fsp3) is 0.765. The Morgan fingerprint density at radius 1 is 1.38 bits per heavy atom. The van der Waals surface area contributed by atoms with Crippen LogP contribution in [0, 0.1) is 12.8 Å². The second-order valence-corrected chi connectivity index (χ2v) is 6.72. The molecule has 0 bridgehead atoms. The van der Waals surface area contributed by atoms with Gasteiger partial charge in [-0.1, -0.05) is 6.92 Å². The van der Waals surface area contributed by atoms with Gasteiger partial charge in [0.05, 0.1) is 12.6 Å². The first-order chi connectivity index (χ1) is 10.2. The fourth-order valence-electron chi connectivity index (χ4n) is 3.15. The predicted octanol–water partition coefficient (Wildman–Crippen LogP) is 2.70. The van der Waals surface area contributed by atoms with Crippen LogP contribution in [0.4, 0.5) is 0 Å². The Morgan fingerprint density at radius 2 is 2.19 bits per heavy atom. The summed E-state index contributed by atoms with van der Waals surface area (Å²) < 4.78 is 11.5. The minimum absolute atomic E-state index is 0.353. The van der Waals surface area contributed by atoms with E-state index in [2.05, 4.69) is 30.1 Å². The molecule has 2 aliphatic rings. The average Bonchev–Trinajstić information content (AvgIpc) is 3.23. The van der Waals surface area contributed by atoms with Gasteiger partial charge in [0.15, 0.2) is 0 Å². The van der Waals surface area contributed by atoms with Crippen LogP contribution in [-0.4, -0.2) is 37.2 Å². The quantitative estimate of drug-likeness (QED) is 0.875. The number of aryl methyl sites for hydroxylation is 1. The van der Waals surface area contributed by atoms with E-state index in [1.807, 2.05) is 7.11 Å². The van der Waals surface area contributed by atoms with Crippen molar-refractivity contribution in [2.75, 3.05) is 20.2 Å². The van der Waals surface area contributed by atoms with Crippen LogP contribution < -0.4 is 5.32 Å². The van der Waals surface area contributed by atoms with Crippen LogP contribution in [-0.2, 0) is 17.8 Å². The molecule has 1 aliphatic heterocycles. The van der Waals surface area contributed by atoms with Crippen molar-refractivity contribution >= 4 is 0 Å². The molecule has 1 aliphatic carbocycles. The number of nitrogens with zero attached hydrogens (tertiary/aromatic N) is 1. The molecule has 2 atom stereocenters. The molecule has 0 amide bonds. The number of hydrogen-bond acceptors (Lipinski definition) is 4. The molecule has 0 spiro atoms. The Morgan fingerprint density at radius 3 is 2.90 bits per heavy atom. The molecular weight excluding hydrogens is 264 g/mol. The van der Waals surface area contributed by atoms with Crippen LogP contribution in [0.3, 0.4) is 0 Å². The van der Waals surface area contributed by atoms with Gasteiger partial charge in [-0.15, -0.1) is 0 Å². The molecule has 0 aromatic carbocycles. The zero-order chi connectivity index (χ0) is 14.8. The zero-order valence-electron chi connectivity index (χ0n) is 13.5. The summed E-state index contributed by atoms with van der Waals surface area (Å²) >= 11 is 0. The number of methoxy groups -OCH3 is 1. The lowest BCUT2D eigenvalue weighted by Gasteiger charge is -2.35. The van der Waals surface area contributed by atoms with Crippen LogP contribution >= 0.6 is 0 Å². The first-order valence-electron chi connectivity index (χ1n) is 8.22. The average molecular weight is 292 g/mol. The molecule has 0 radical (unpaired) electrons. The van der Waals surface area contributed by atoms with Crippen molar-refractivity contribution in [1.82, 2.24) is 10.2 Å². The van der Waals surface area contributed by atoms with Crippen molar-refractivity contribution in [3.05, 3.63) is 23.2 Å². The van der Waals surface area contributed by atoms with Crippen molar-refractivity contribution in [2.24, 2.45) is 5.92 Å². The lowest BCUT2D eigenvalue weighted by molar-refractivity contribution is -0.00921. The summed E-state index contributed by atoms with van der Waals surface area (Å²) in [7, 11) is 1.82. The van der Waals surface area contributed by atoms with Crippen molar-refractivity contribution in [3.63, 3.8) is 0 Å². The minimum Gasteiger partial charge on any atom is -0.465 e. The monoisotopic (exact) mass is 292 g/mol. The van der Waals surface area contributed by atoms with E-state index in [1.165, 1.54) is 24.8 Å². The van der Waals surface area contributed by atoms with Gasteiger partial charge < -0.3 is 14.5 Å². The fourth-order valence-corrected chi connectivity index (χ4v) is 3.15. The molecule has 3 rings (SSSR count). The molecule has 2 heterocycles. The molecule has 2 unspecified atom stereocenters. The maximum atomic E-state index is 5.94. The lowest BCUT2D eigenvalue weighted by Crippen LogP contribution is -2.43. The van der Waals surface area contributed by atoms with Gasteiger partial charge in [-0.25, -0.2) is 0 Å². The molecule has 4 nitrogen and oxygen atoms in total. The molecule has 1 aromatic heterocycles. The smallest absolute Gasteiger partial charge is 0.118 e. The van der Waals surface area contributed by atoms with Crippen LogP contribution in [0.2, 0.25) is 0 Å². The van der Waals surface area contributed by atoms with Crippen molar-refractivity contribution in [1.29, 1.82) is 0 Å². The highest BCUT2D eigenvalue weighted by Gasteiger charge is 2.27. The summed E-state index contributed by atoms with van der Waals surface area (Å²) in [6, 6.07) is 2.97. The maximum absolute atomic E-state index is 5.94. The second-order valence-electron chi connectivity index (χ2n) is 6.72. The van der Waals surface area contributed by atoms with Gasteiger partial charge in [-0.05, 0) is 44.7 Å². The van der Waals surface area contributed by atoms with E-state index in [0.717, 1.165) is 43.7 Å². The molecule has 2 fully saturated rings. The SMILES string of the molecule is COC1CN(Cc2cc(CNC3CC3)c(C)o2)CCC1C. The Balaban J connectivity index is 1.55. The third-order valence-corrected chi connectivity index (χ3v) is 4.89. The van der Waals surface area contributed by atoms with E-state index in [4.69, 9.17) is 9.15 Å². The van der Waals surface area contributed by atoms with E-state index in [-0.39, 0.29) is 0 Å². The van der Waals surface area contributed by atoms with Gasteiger partial charge in [0.25, 0.3) is 0 Å². The van der Waals surface area contributed by atoms with Gasteiger partial charge in [0, 0.05) is 31.8 Å². The highest BCUT2D eigenvalue weighted by Crippen LogP contribution is 2.24. The third kappa shape index (κ3) is 3.87. The zero-order valence-corrected chi connectivity index (χ0v) is 13.5. The minimum atomic E-state index is 0.353. The first kappa shape index (κ1) is 15.1. The molecule has 21 heavy (non-hydrogen) atoms. The Hall–Kier alpha value is -0.840. The first-order valence-corrected chi connectivity index (χ1v) is 8.22. The van der Waals surface area contributed by atoms with Crippen molar-refractivity contribution < 1.29 is 9.15 Å². The second kappa shape index (κ2) is 6.51. The highest BCUT2D eigenvalue weighted by molar-refractivity contribution is 5.21. The lowest BCUT2D eigenvalue weighted by atomic mass is 9.96. The highest BCUT2D eigenvalue weighted by atomic mass is 16.5. The molecule has 1 saturated heterocycles. The van der Waals surface area contributed by atoms with Gasteiger partial charge in [-0.3, -0.25) is 4.90 Å². The van der Waals surface area contributed by atoms with Crippen LogP contribution in [0.15, 0.2) is 10.5 Å². The molecule has 118 valence electrons. The van der Waals surface area contributed by atoms with Crippen molar-refractivity contribution in [2.45, 2.75) is 58.3 Å². The number of likely N-dealkylation sites (tertiary alicyclic amines) is 1. The summed E-state index contributed by atoms with van der Waals surface area (Å²) in [6.07, 6.45) is 4.21. The summed E-state index contributed by atoms with van der Waals surface area (Å²) in [6.45, 7) is 8.34. The van der Waals surface area contributed by atoms with E-state index in [0.29, 0.717) is 12.0 Å². The number of nitrogens with one attached hydrogen (secondary N) is 1. The third-order valence-electron chi connectivity index (χ3n) is 4.89. The number of hydrogen-bond donors (Lipinski definition) is 1. The predicted molar refractivity (Wildman–Crippen MR) is 83.2 cm³/mol. The van der Waals surface area contributed by atoms with E-state index in [9.17, 15) is 0 Å². The maximum Gasteiger partial charge on any atom is 0.118 e. The van der Waals surface area contributed by atoms with Gasteiger partial charge in [-0.2, -0.15) is 0 Å². The van der Waals surface area contributed by atoms with E-state index >= 15 is 0 Å².